The number of carbonyl (C=O) groups is 2. The van der Waals surface area contributed by atoms with Crippen LogP contribution in [-0.2, 0) is 27.5 Å². The number of aromatic nitrogens is 2. The van der Waals surface area contributed by atoms with Crippen LogP contribution in [0.1, 0.15) is 41.5 Å². The van der Waals surface area contributed by atoms with Gasteiger partial charge >= 0.3 is 18.4 Å². The lowest BCUT2D eigenvalue weighted by atomic mass is 9.98. The van der Waals surface area contributed by atoms with E-state index in [1.54, 1.807) is 0 Å². The Balaban J connectivity index is 1.30. The molecule has 0 bridgehead atoms. The minimum Gasteiger partial charge on any atom is -0.480 e. The lowest BCUT2D eigenvalue weighted by Crippen LogP contribution is -2.46. The number of carboxylic acid groups (broad SMARTS) is 1. The highest BCUT2D eigenvalue weighted by molar-refractivity contribution is 7.90. The van der Waals surface area contributed by atoms with E-state index >= 15 is 0 Å². The summed E-state index contributed by atoms with van der Waals surface area (Å²) in [6, 6.07) is 7.63. The highest BCUT2D eigenvalue weighted by Gasteiger charge is 2.45. The summed E-state index contributed by atoms with van der Waals surface area (Å²) in [6.45, 7) is 0.902. The van der Waals surface area contributed by atoms with Crippen LogP contribution >= 0.6 is 0 Å². The summed E-state index contributed by atoms with van der Waals surface area (Å²) in [5.74, 6) is -4.16. The molecule has 232 valence electrons. The number of benzene rings is 2. The summed E-state index contributed by atoms with van der Waals surface area (Å²) in [7, 11) is -4.01. The largest absolute Gasteiger partial charge is 0.586 e. The van der Waals surface area contributed by atoms with Crippen molar-refractivity contribution in [1.82, 2.24) is 19.2 Å². The zero-order valence-electron chi connectivity index (χ0n) is 22.4. The average Bonchev–Trinajstić information content (AvgIpc) is 3.47. The number of imidazole rings is 1. The number of amides is 1. The molecule has 0 aliphatic carbocycles. The van der Waals surface area contributed by atoms with Crippen LogP contribution in [0, 0.1) is 5.92 Å². The number of hydrogen-bond acceptors (Lipinski definition) is 7. The van der Waals surface area contributed by atoms with Crippen LogP contribution in [0.15, 0.2) is 36.4 Å². The van der Waals surface area contributed by atoms with Gasteiger partial charge in [-0.15, -0.1) is 8.78 Å². The lowest BCUT2D eigenvalue weighted by molar-refractivity contribution is -0.287. The molecular weight excluding hydrogens is 607 g/mol. The standard InChI is InChI=1S/C26H25F5N4O7S/c1-14(23(37)38)43(39,40)34-9-7-15(8-10-34)12-32-22(36)16-5-6-19-18(11-16)33-24(25(27,28)29)35(19)13-17-3-2-4-20-21(17)42-26(30,31)41-20/h2-6,11,14-15H,7-10,12-13H2,1H3,(H,32,36)(H,37,38). The Hall–Kier alpha value is -3.99. The fourth-order valence-electron chi connectivity index (χ4n) is 5.03. The van der Waals surface area contributed by atoms with Crippen LogP contribution in [0.4, 0.5) is 22.0 Å². The molecule has 1 amide bonds. The number of ether oxygens (including phenoxy) is 2. The minimum atomic E-state index is -4.91. The number of halogens is 5. The Kier molecular flexibility index (Phi) is 7.75. The molecule has 2 aliphatic rings. The van der Waals surface area contributed by atoms with E-state index in [0.717, 1.165) is 15.8 Å². The van der Waals surface area contributed by atoms with E-state index in [2.05, 4.69) is 19.8 Å². The predicted octanol–water partition coefficient (Wildman–Crippen LogP) is 3.67. The first-order valence-electron chi connectivity index (χ1n) is 13.0. The van der Waals surface area contributed by atoms with Gasteiger partial charge in [0.25, 0.3) is 5.91 Å². The van der Waals surface area contributed by atoms with Crippen LogP contribution in [0.2, 0.25) is 0 Å². The van der Waals surface area contributed by atoms with Crippen molar-refractivity contribution in [2.75, 3.05) is 19.6 Å². The number of fused-ring (bicyclic) bond motifs is 2. The molecular formula is C26H25F5N4O7S. The van der Waals surface area contributed by atoms with Gasteiger partial charge in [0.1, 0.15) is 0 Å². The lowest BCUT2D eigenvalue weighted by Gasteiger charge is -2.32. The van der Waals surface area contributed by atoms with Gasteiger partial charge in [-0.05, 0) is 49.9 Å². The quantitative estimate of drug-likeness (QED) is 0.359. The molecule has 3 aromatic rings. The summed E-state index contributed by atoms with van der Waals surface area (Å²) < 4.78 is 105. The van der Waals surface area contributed by atoms with Gasteiger partial charge in [-0.2, -0.15) is 13.2 Å². The second-order valence-corrected chi connectivity index (χ2v) is 12.5. The molecule has 1 unspecified atom stereocenters. The smallest absolute Gasteiger partial charge is 0.480 e. The third-order valence-electron chi connectivity index (χ3n) is 7.38. The second-order valence-electron chi connectivity index (χ2n) is 10.2. The van der Waals surface area contributed by atoms with E-state index in [1.807, 2.05) is 0 Å². The maximum atomic E-state index is 13.9. The van der Waals surface area contributed by atoms with Crippen molar-refractivity contribution in [3.05, 3.63) is 53.3 Å². The number of alkyl halides is 5. The van der Waals surface area contributed by atoms with Gasteiger partial charge in [0.2, 0.25) is 15.8 Å². The number of nitrogens with one attached hydrogen (secondary N) is 1. The molecule has 43 heavy (non-hydrogen) atoms. The molecule has 1 saturated heterocycles. The van der Waals surface area contributed by atoms with Gasteiger partial charge in [0, 0.05) is 30.8 Å². The number of rotatable bonds is 8. The zero-order valence-corrected chi connectivity index (χ0v) is 23.2. The number of carboxylic acids is 1. The summed E-state index contributed by atoms with van der Waals surface area (Å²) in [6.07, 6.45) is -8.13. The van der Waals surface area contributed by atoms with Crippen molar-refractivity contribution in [2.45, 2.75) is 44.0 Å². The molecule has 0 spiro atoms. The number of nitrogens with zero attached hydrogens (tertiary/aromatic N) is 3. The first kappa shape index (κ1) is 30.5. The highest BCUT2D eigenvalue weighted by Crippen LogP contribution is 2.44. The van der Waals surface area contributed by atoms with Crippen molar-refractivity contribution in [3.63, 3.8) is 0 Å². The summed E-state index contributed by atoms with van der Waals surface area (Å²) in [4.78, 5) is 27.6. The molecule has 2 N–H and O–H groups in total. The molecule has 1 aromatic heterocycles. The fraction of sp³-hybridized carbons (Fsp3) is 0.423. The van der Waals surface area contributed by atoms with Gasteiger partial charge < -0.3 is 24.5 Å². The summed E-state index contributed by atoms with van der Waals surface area (Å²) in [5.41, 5.74) is -0.131. The highest BCUT2D eigenvalue weighted by atomic mass is 32.2. The van der Waals surface area contributed by atoms with Gasteiger partial charge in [0.05, 0.1) is 17.6 Å². The predicted molar refractivity (Wildman–Crippen MR) is 139 cm³/mol. The number of hydrogen-bond donors (Lipinski definition) is 2. The Bertz CT molecular complexity index is 1680. The topological polar surface area (TPSA) is 140 Å². The molecule has 5 rings (SSSR count). The van der Waals surface area contributed by atoms with E-state index in [9.17, 15) is 40.0 Å². The van der Waals surface area contributed by atoms with Crippen LogP contribution in [0.25, 0.3) is 11.0 Å². The molecule has 0 radical (unpaired) electrons. The van der Waals surface area contributed by atoms with E-state index in [1.165, 1.54) is 36.4 Å². The summed E-state index contributed by atoms with van der Waals surface area (Å²) >= 11 is 0. The van der Waals surface area contributed by atoms with E-state index < -0.39 is 57.7 Å². The first-order chi connectivity index (χ1) is 20.1. The van der Waals surface area contributed by atoms with E-state index in [0.29, 0.717) is 12.8 Å². The monoisotopic (exact) mass is 632 g/mol. The van der Waals surface area contributed by atoms with Crippen molar-refractivity contribution in [3.8, 4) is 11.5 Å². The molecule has 11 nitrogen and oxygen atoms in total. The third kappa shape index (κ3) is 6.08. The van der Waals surface area contributed by atoms with Gasteiger partial charge in [-0.25, -0.2) is 17.7 Å². The van der Waals surface area contributed by atoms with Gasteiger partial charge in [-0.1, -0.05) is 12.1 Å². The van der Waals surface area contributed by atoms with E-state index in [-0.39, 0.29) is 53.5 Å². The Labute approximate surface area is 241 Å². The summed E-state index contributed by atoms with van der Waals surface area (Å²) in [5, 5.41) is 10.2. The Morgan fingerprint density at radius 1 is 1.16 bits per heavy atom. The Morgan fingerprint density at radius 2 is 1.86 bits per heavy atom. The van der Waals surface area contributed by atoms with Crippen LogP contribution in [-0.4, -0.2) is 70.4 Å². The number of carbonyl (C=O) groups excluding carboxylic acids is 1. The van der Waals surface area contributed by atoms with Crippen molar-refractivity contribution in [1.29, 1.82) is 0 Å². The Morgan fingerprint density at radius 3 is 2.51 bits per heavy atom. The third-order valence-corrected chi connectivity index (χ3v) is 9.56. The van der Waals surface area contributed by atoms with E-state index in [4.69, 9.17) is 5.11 Å². The maximum Gasteiger partial charge on any atom is 0.586 e. The number of piperidine rings is 1. The second kappa shape index (κ2) is 10.9. The van der Waals surface area contributed by atoms with Crippen LogP contribution in [0.3, 0.4) is 0 Å². The number of para-hydroxylation sites is 1. The molecule has 1 fully saturated rings. The van der Waals surface area contributed by atoms with Gasteiger partial charge in [0.15, 0.2) is 16.7 Å². The van der Waals surface area contributed by atoms with Gasteiger partial charge in [-0.3, -0.25) is 9.59 Å². The van der Waals surface area contributed by atoms with Crippen molar-refractivity contribution in [2.24, 2.45) is 5.92 Å². The van der Waals surface area contributed by atoms with Crippen LogP contribution in [0.5, 0.6) is 11.5 Å². The fourth-order valence-corrected chi connectivity index (χ4v) is 6.45. The molecule has 17 heteroatoms. The number of sulfonamides is 1. The van der Waals surface area contributed by atoms with Crippen molar-refractivity contribution >= 4 is 32.9 Å². The maximum absolute atomic E-state index is 13.9. The molecule has 1 atom stereocenters. The molecule has 3 heterocycles. The van der Waals surface area contributed by atoms with Crippen LogP contribution < -0.4 is 14.8 Å². The normalized spacial score (nSPS) is 18.1. The molecule has 0 saturated carbocycles. The average molecular weight is 633 g/mol. The molecule has 2 aliphatic heterocycles. The SMILES string of the molecule is CC(C(=O)O)S(=O)(=O)N1CCC(CNC(=O)c2ccc3c(c2)nc(C(F)(F)F)n3Cc2cccc3c2OC(F)(F)O3)CC1. The molecule has 2 aromatic carbocycles. The minimum absolute atomic E-state index is 0.00226. The zero-order chi connectivity index (χ0) is 31.3. The number of aliphatic carboxylic acids is 1. The first-order valence-corrected chi connectivity index (χ1v) is 14.5. The van der Waals surface area contributed by atoms with Crippen molar-refractivity contribution < 1.29 is 54.5 Å².